The van der Waals surface area contributed by atoms with Crippen LogP contribution in [0.3, 0.4) is 0 Å². The molecule has 0 spiro atoms. The molecular formula is C28H33N7O. The fraction of sp³-hybridized carbons (Fsp3) is 0.393. The van der Waals surface area contributed by atoms with Gasteiger partial charge in [-0.15, -0.1) is 10.2 Å². The minimum absolute atomic E-state index is 0.259. The van der Waals surface area contributed by atoms with Crippen LogP contribution >= 0.6 is 0 Å². The molecule has 186 valence electrons. The highest BCUT2D eigenvalue weighted by Gasteiger charge is 2.20. The zero-order valence-corrected chi connectivity index (χ0v) is 21.7. The van der Waals surface area contributed by atoms with Crippen LogP contribution in [0.5, 0.6) is 0 Å². The molecule has 0 aliphatic carbocycles. The number of nitrogens with zero attached hydrogens (tertiary/aromatic N) is 6. The fourth-order valence-corrected chi connectivity index (χ4v) is 4.61. The van der Waals surface area contributed by atoms with Crippen LogP contribution < -0.4 is 5.32 Å². The van der Waals surface area contributed by atoms with Crippen LogP contribution in [0.1, 0.15) is 52.3 Å². The number of hydrogen-bond acceptors (Lipinski definition) is 6. The number of unbranched alkanes of at least 4 members (excludes halogenated alkanes) is 2. The summed E-state index contributed by atoms with van der Waals surface area (Å²) in [6.45, 7) is 8.66. The Bertz CT molecular complexity index is 1570. The Balaban J connectivity index is 1.39. The van der Waals surface area contributed by atoms with E-state index in [1.807, 2.05) is 57.3 Å². The van der Waals surface area contributed by atoms with E-state index in [9.17, 15) is 4.79 Å². The van der Waals surface area contributed by atoms with Gasteiger partial charge >= 0.3 is 0 Å². The van der Waals surface area contributed by atoms with E-state index in [1.54, 1.807) is 0 Å². The van der Waals surface area contributed by atoms with Gasteiger partial charge in [0.2, 0.25) is 5.65 Å². The lowest BCUT2D eigenvalue weighted by Crippen LogP contribution is -2.19. The number of aryl methyl sites for hydroxylation is 2. The predicted octanol–water partition coefficient (Wildman–Crippen LogP) is 5.73. The van der Waals surface area contributed by atoms with Crippen molar-refractivity contribution < 1.29 is 4.79 Å². The first kappa shape index (κ1) is 23.9. The fourth-order valence-electron chi connectivity index (χ4n) is 4.61. The Kier molecular flexibility index (Phi) is 6.20. The van der Waals surface area contributed by atoms with Gasteiger partial charge in [-0.1, -0.05) is 39.3 Å². The largest absolute Gasteiger partial charge is 0.367 e. The van der Waals surface area contributed by atoms with Crippen molar-refractivity contribution in [2.75, 3.05) is 11.9 Å². The lowest BCUT2D eigenvalue weighted by atomic mass is 9.88. The number of ketones is 1. The maximum absolute atomic E-state index is 12.1. The molecule has 0 aliphatic heterocycles. The number of carbonyl (C=O) groups is 1. The summed E-state index contributed by atoms with van der Waals surface area (Å²) in [4.78, 5) is 21.9. The lowest BCUT2D eigenvalue weighted by Gasteiger charge is -2.16. The van der Waals surface area contributed by atoms with E-state index >= 15 is 0 Å². The molecule has 0 bridgehead atoms. The standard InChI is InChI=1S/C28H33N7O/c1-18-32-33-27-25(29-16-10-6-7-13-24(36)28(2,3)4)30-21-17-19(14-15-23(21)35(18)27)26-31-20-11-8-9-12-22(20)34(26)5/h8-9,11-12,14-15,17H,6-7,10,13,16H2,1-5H3,(H,29,30). The van der Waals surface area contributed by atoms with Crippen LogP contribution in [0.2, 0.25) is 0 Å². The number of imidazole rings is 1. The molecule has 8 nitrogen and oxygen atoms in total. The van der Waals surface area contributed by atoms with E-state index in [1.165, 1.54) is 0 Å². The van der Waals surface area contributed by atoms with Gasteiger partial charge < -0.3 is 9.88 Å². The van der Waals surface area contributed by atoms with Gasteiger partial charge in [-0.2, -0.15) is 0 Å². The Labute approximate surface area is 210 Å². The van der Waals surface area contributed by atoms with Gasteiger partial charge in [0.15, 0.2) is 5.82 Å². The van der Waals surface area contributed by atoms with E-state index in [0.29, 0.717) is 12.2 Å². The lowest BCUT2D eigenvalue weighted by molar-refractivity contribution is -0.126. The quantitative estimate of drug-likeness (QED) is 0.284. The second-order valence-electron chi connectivity index (χ2n) is 10.5. The molecule has 1 N–H and O–H groups in total. The van der Waals surface area contributed by atoms with Crippen LogP contribution in [0.25, 0.3) is 39.1 Å². The van der Waals surface area contributed by atoms with Gasteiger partial charge in [0.1, 0.15) is 17.4 Å². The van der Waals surface area contributed by atoms with E-state index in [-0.39, 0.29) is 5.41 Å². The first-order valence-electron chi connectivity index (χ1n) is 12.6. The molecular weight excluding hydrogens is 450 g/mol. The van der Waals surface area contributed by atoms with Crippen LogP contribution in [0, 0.1) is 12.3 Å². The van der Waals surface area contributed by atoms with Crippen molar-refractivity contribution in [3.8, 4) is 11.4 Å². The van der Waals surface area contributed by atoms with E-state index in [0.717, 1.165) is 76.6 Å². The zero-order chi connectivity index (χ0) is 25.4. The van der Waals surface area contributed by atoms with Crippen molar-refractivity contribution in [2.45, 2.75) is 53.4 Å². The van der Waals surface area contributed by atoms with Crippen molar-refractivity contribution in [2.24, 2.45) is 12.5 Å². The summed E-state index contributed by atoms with van der Waals surface area (Å²) >= 11 is 0. The maximum Gasteiger partial charge on any atom is 0.204 e. The maximum atomic E-state index is 12.1. The molecule has 8 heteroatoms. The van der Waals surface area contributed by atoms with Crippen molar-refractivity contribution >= 4 is 39.3 Å². The van der Waals surface area contributed by atoms with Crippen molar-refractivity contribution in [1.82, 2.24) is 29.1 Å². The predicted molar refractivity (Wildman–Crippen MR) is 144 cm³/mol. The summed E-state index contributed by atoms with van der Waals surface area (Å²) in [5.74, 6) is 2.76. The topological polar surface area (TPSA) is 90.0 Å². The van der Waals surface area contributed by atoms with E-state index in [4.69, 9.17) is 9.97 Å². The minimum atomic E-state index is -0.259. The summed E-state index contributed by atoms with van der Waals surface area (Å²) in [6.07, 6.45) is 3.48. The highest BCUT2D eigenvalue weighted by Crippen LogP contribution is 2.28. The normalized spacial score (nSPS) is 12.1. The van der Waals surface area contributed by atoms with Gasteiger partial charge in [0, 0.05) is 31.0 Å². The number of fused-ring (bicyclic) bond motifs is 4. The monoisotopic (exact) mass is 483 g/mol. The molecule has 0 fully saturated rings. The van der Waals surface area contributed by atoms with Gasteiger partial charge in [0.05, 0.1) is 22.1 Å². The van der Waals surface area contributed by atoms with Crippen LogP contribution in [0.15, 0.2) is 42.5 Å². The average molecular weight is 484 g/mol. The van der Waals surface area contributed by atoms with Crippen molar-refractivity contribution in [1.29, 1.82) is 0 Å². The first-order valence-corrected chi connectivity index (χ1v) is 12.6. The Hall–Kier alpha value is -3.81. The zero-order valence-electron chi connectivity index (χ0n) is 21.7. The molecule has 0 radical (unpaired) electrons. The minimum Gasteiger partial charge on any atom is -0.367 e. The molecule has 0 amide bonds. The summed E-state index contributed by atoms with van der Waals surface area (Å²) in [5.41, 5.74) is 5.35. The van der Waals surface area contributed by atoms with Gasteiger partial charge in [-0.05, 0) is 50.1 Å². The molecule has 36 heavy (non-hydrogen) atoms. The molecule has 0 saturated carbocycles. The summed E-state index contributed by atoms with van der Waals surface area (Å²) < 4.78 is 4.16. The first-order chi connectivity index (χ1) is 17.2. The molecule has 2 aromatic carbocycles. The van der Waals surface area contributed by atoms with Gasteiger partial charge in [0.25, 0.3) is 0 Å². The number of anilines is 1. The number of rotatable bonds is 8. The molecule has 5 aromatic rings. The second kappa shape index (κ2) is 9.33. The van der Waals surface area contributed by atoms with Gasteiger partial charge in [-0.3, -0.25) is 9.20 Å². The third-order valence-electron chi connectivity index (χ3n) is 6.74. The van der Waals surface area contributed by atoms with E-state index < -0.39 is 0 Å². The molecule has 5 rings (SSSR count). The molecule has 0 saturated heterocycles. The number of nitrogens with one attached hydrogen (secondary N) is 1. The molecule has 0 aliphatic rings. The third kappa shape index (κ3) is 4.43. The third-order valence-corrected chi connectivity index (χ3v) is 6.74. The van der Waals surface area contributed by atoms with Crippen molar-refractivity contribution in [3.05, 3.63) is 48.3 Å². The van der Waals surface area contributed by atoms with Crippen LogP contribution in [-0.4, -0.2) is 41.5 Å². The number of Topliss-reactive ketones (excluding diaryl/α,β-unsaturated/α-hetero) is 1. The molecule has 3 heterocycles. The Morgan fingerprint density at radius 3 is 2.53 bits per heavy atom. The SMILES string of the molecule is Cc1nnc2c(NCCCCCC(=O)C(C)(C)C)nc3cc(-c4nc5ccccc5n4C)ccc3n12. The highest BCUT2D eigenvalue weighted by atomic mass is 16.1. The Morgan fingerprint density at radius 2 is 1.75 bits per heavy atom. The van der Waals surface area contributed by atoms with Gasteiger partial charge in [-0.25, -0.2) is 9.97 Å². The summed E-state index contributed by atoms with van der Waals surface area (Å²) in [5, 5.41) is 12.2. The summed E-state index contributed by atoms with van der Waals surface area (Å²) in [7, 11) is 2.04. The van der Waals surface area contributed by atoms with Crippen molar-refractivity contribution in [3.63, 3.8) is 0 Å². The Morgan fingerprint density at radius 1 is 0.944 bits per heavy atom. The second-order valence-corrected chi connectivity index (χ2v) is 10.5. The number of carbonyl (C=O) groups excluding carboxylic acids is 1. The van der Waals surface area contributed by atoms with Crippen LogP contribution in [-0.2, 0) is 11.8 Å². The number of para-hydroxylation sites is 2. The van der Waals surface area contributed by atoms with Crippen LogP contribution in [0.4, 0.5) is 5.82 Å². The average Bonchev–Trinajstić information content (AvgIpc) is 3.40. The molecule has 3 aromatic heterocycles. The molecule has 0 atom stereocenters. The number of hydrogen-bond donors (Lipinski definition) is 1. The smallest absolute Gasteiger partial charge is 0.204 e. The van der Waals surface area contributed by atoms with E-state index in [2.05, 4.69) is 44.3 Å². The highest BCUT2D eigenvalue weighted by molar-refractivity contribution is 5.88. The summed E-state index contributed by atoms with van der Waals surface area (Å²) in [6, 6.07) is 14.4. The number of aromatic nitrogens is 6. The number of benzene rings is 2. The molecule has 0 unspecified atom stereocenters.